The van der Waals surface area contributed by atoms with Crippen molar-refractivity contribution in [1.29, 1.82) is 0 Å². The van der Waals surface area contributed by atoms with E-state index in [2.05, 4.69) is 12.6 Å². The molecule has 0 radical (unpaired) electrons. The minimum absolute atomic E-state index is 0.233. The molecule has 0 saturated carbocycles. The third-order valence-electron chi connectivity index (χ3n) is 1.44. The number of aliphatic hydroxyl groups is 2. The minimum Gasteiger partial charge on any atom is -0.389 e. The molecule has 2 unspecified atom stereocenters. The van der Waals surface area contributed by atoms with Crippen molar-refractivity contribution in [3.63, 3.8) is 0 Å². The summed E-state index contributed by atoms with van der Waals surface area (Å²) >= 11 is 10.8. The van der Waals surface area contributed by atoms with Gasteiger partial charge in [0.05, 0.1) is 10.4 Å². The van der Waals surface area contributed by atoms with Crippen molar-refractivity contribution in [3.05, 3.63) is 21.3 Å². The molecule has 0 bridgehead atoms. The first-order valence-electron chi connectivity index (χ1n) is 3.37. The lowest BCUT2D eigenvalue weighted by Gasteiger charge is -2.13. The van der Waals surface area contributed by atoms with E-state index in [1.807, 2.05) is 0 Å². The van der Waals surface area contributed by atoms with Gasteiger partial charge in [0, 0.05) is 10.6 Å². The van der Waals surface area contributed by atoms with Crippen molar-refractivity contribution < 1.29 is 10.2 Å². The highest BCUT2D eigenvalue weighted by Gasteiger charge is 2.18. The summed E-state index contributed by atoms with van der Waals surface area (Å²) in [4.78, 5) is 0.668. The quantitative estimate of drug-likeness (QED) is 0.685. The van der Waals surface area contributed by atoms with Gasteiger partial charge in [0.25, 0.3) is 0 Å². The van der Waals surface area contributed by atoms with Crippen LogP contribution in [0.15, 0.2) is 12.1 Å². The Labute approximate surface area is 85.2 Å². The lowest BCUT2D eigenvalue weighted by molar-refractivity contribution is 0.0361. The second-order valence-electron chi connectivity index (χ2n) is 2.34. The maximum atomic E-state index is 9.46. The Morgan fingerprint density at radius 3 is 2.58 bits per heavy atom. The Hall–Kier alpha value is 0.260. The van der Waals surface area contributed by atoms with E-state index in [1.165, 1.54) is 11.3 Å². The monoisotopic (exact) mass is 224 g/mol. The van der Waals surface area contributed by atoms with Crippen LogP contribution in [-0.4, -0.2) is 22.1 Å². The summed E-state index contributed by atoms with van der Waals surface area (Å²) in [6.07, 6.45) is -1.71. The molecule has 12 heavy (non-hydrogen) atoms. The minimum atomic E-state index is -0.875. The molecule has 1 aromatic heterocycles. The van der Waals surface area contributed by atoms with Crippen molar-refractivity contribution in [3.8, 4) is 0 Å². The fourth-order valence-corrected chi connectivity index (χ4v) is 2.08. The molecule has 1 aromatic rings. The molecule has 2 N–H and O–H groups in total. The summed E-state index contributed by atoms with van der Waals surface area (Å²) in [6, 6.07) is 3.39. The SMILES string of the molecule is OC(CS)C(O)c1ccc(Cl)s1. The predicted octanol–water partition coefficient (Wildman–Crippen LogP) is 1.73. The molecule has 0 saturated heterocycles. The first-order valence-corrected chi connectivity index (χ1v) is 5.20. The Morgan fingerprint density at radius 2 is 2.17 bits per heavy atom. The van der Waals surface area contributed by atoms with Crippen LogP contribution in [0.4, 0.5) is 0 Å². The van der Waals surface area contributed by atoms with E-state index in [9.17, 15) is 10.2 Å². The average Bonchev–Trinajstić information content (AvgIpc) is 2.49. The average molecular weight is 225 g/mol. The molecule has 0 fully saturated rings. The largest absolute Gasteiger partial charge is 0.389 e. The van der Waals surface area contributed by atoms with E-state index in [0.29, 0.717) is 9.21 Å². The number of thiol groups is 1. The van der Waals surface area contributed by atoms with Crippen LogP contribution in [0.25, 0.3) is 0 Å². The second kappa shape index (κ2) is 4.48. The van der Waals surface area contributed by atoms with Gasteiger partial charge < -0.3 is 10.2 Å². The Morgan fingerprint density at radius 1 is 1.50 bits per heavy atom. The van der Waals surface area contributed by atoms with E-state index in [-0.39, 0.29) is 5.75 Å². The molecule has 0 spiro atoms. The lowest BCUT2D eigenvalue weighted by atomic mass is 10.2. The summed E-state index contributed by atoms with van der Waals surface area (Å²) in [6.45, 7) is 0. The predicted molar refractivity (Wildman–Crippen MR) is 54.1 cm³/mol. The van der Waals surface area contributed by atoms with Gasteiger partial charge in [-0.2, -0.15) is 12.6 Å². The molecule has 0 aromatic carbocycles. The molecular formula is C7H9ClO2S2. The van der Waals surface area contributed by atoms with Crippen molar-refractivity contribution in [1.82, 2.24) is 0 Å². The summed E-state index contributed by atoms with van der Waals surface area (Å²) < 4.78 is 0.607. The fourth-order valence-electron chi connectivity index (χ4n) is 0.777. The zero-order chi connectivity index (χ0) is 9.14. The first-order chi connectivity index (χ1) is 5.65. The van der Waals surface area contributed by atoms with E-state index in [4.69, 9.17) is 11.6 Å². The van der Waals surface area contributed by atoms with E-state index in [1.54, 1.807) is 12.1 Å². The highest BCUT2D eigenvalue weighted by molar-refractivity contribution is 7.80. The van der Waals surface area contributed by atoms with Crippen LogP contribution in [0.5, 0.6) is 0 Å². The van der Waals surface area contributed by atoms with Crippen molar-refractivity contribution >= 4 is 35.6 Å². The van der Waals surface area contributed by atoms with Crippen LogP contribution >= 0.6 is 35.6 Å². The van der Waals surface area contributed by atoms with Gasteiger partial charge in [-0.15, -0.1) is 11.3 Å². The molecule has 2 nitrogen and oxygen atoms in total. The van der Waals surface area contributed by atoms with Gasteiger partial charge in [-0.3, -0.25) is 0 Å². The van der Waals surface area contributed by atoms with E-state index >= 15 is 0 Å². The van der Waals surface area contributed by atoms with Gasteiger partial charge in [-0.25, -0.2) is 0 Å². The van der Waals surface area contributed by atoms with Crippen LogP contribution in [-0.2, 0) is 0 Å². The van der Waals surface area contributed by atoms with Crippen LogP contribution in [0.3, 0.4) is 0 Å². The van der Waals surface area contributed by atoms with Crippen molar-refractivity contribution in [2.75, 3.05) is 5.75 Å². The molecule has 1 heterocycles. The number of hydrogen-bond donors (Lipinski definition) is 3. The molecule has 5 heteroatoms. The third-order valence-corrected chi connectivity index (χ3v) is 3.11. The molecule has 0 aliphatic carbocycles. The summed E-state index contributed by atoms with van der Waals surface area (Å²) in [5.74, 6) is 0.233. The Kier molecular flexibility index (Phi) is 3.86. The maximum absolute atomic E-state index is 9.46. The molecule has 0 aliphatic rings. The summed E-state index contributed by atoms with van der Waals surface area (Å²) in [5.41, 5.74) is 0. The number of halogens is 1. The molecule has 0 amide bonds. The summed E-state index contributed by atoms with van der Waals surface area (Å²) in [7, 11) is 0. The van der Waals surface area contributed by atoms with Gasteiger partial charge in [0.1, 0.15) is 6.10 Å². The van der Waals surface area contributed by atoms with E-state index in [0.717, 1.165) is 0 Å². The zero-order valence-electron chi connectivity index (χ0n) is 6.14. The Bertz CT molecular complexity index is 251. The van der Waals surface area contributed by atoms with E-state index < -0.39 is 12.2 Å². The normalized spacial score (nSPS) is 16.0. The van der Waals surface area contributed by atoms with Gasteiger partial charge in [-0.05, 0) is 12.1 Å². The molecular weight excluding hydrogens is 216 g/mol. The molecule has 0 aliphatic heterocycles. The highest BCUT2D eigenvalue weighted by Crippen LogP contribution is 2.28. The van der Waals surface area contributed by atoms with Gasteiger partial charge in [0.15, 0.2) is 0 Å². The van der Waals surface area contributed by atoms with Gasteiger partial charge in [0.2, 0.25) is 0 Å². The number of aliphatic hydroxyl groups excluding tert-OH is 2. The number of thiophene rings is 1. The number of rotatable bonds is 3. The highest BCUT2D eigenvalue weighted by atomic mass is 35.5. The second-order valence-corrected chi connectivity index (χ2v) is 4.45. The third kappa shape index (κ3) is 2.37. The molecule has 68 valence electrons. The van der Waals surface area contributed by atoms with Crippen LogP contribution in [0.2, 0.25) is 4.34 Å². The summed E-state index contributed by atoms with van der Waals surface area (Å²) in [5, 5.41) is 18.7. The first kappa shape index (κ1) is 10.3. The fraction of sp³-hybridized carbons (Fsp3) is 0.429. The van der Waals surface area contributed by atoms with Crippen LogP contribution in [0.1, 0.15) is 11.0 Å². The van der Waals surface area contributed by atoms with Crippen molar-refractivity contribution in [2.45, 2.75) is 12.2 Å². The Balaban J connectivity index is 2.70. The number of hydrogen-bond acceptors (Lipinski definition) is 4. The van der Waals surface area contributed by atoms with Gasteiger partial charge in [-0.1, -0.05) is 11.6 Å². The van der Waals surface area contributed by atoms with Crippen LogP contribution in [0, 0.1) is 0 Å². The topological polar surface area (TPSA) is 40.5 Å². The standard InChI is InChI=1S/C7H9ClO2S2/c8-6-2-1-5(12-6)7(10)4(9)3-11/h1-2,4,7,9-11H,3H2. The van der Waals surface area contributed by atoms with Crippen LogP contribution < -0.4 is 0 Å². The molecule has 2 atom stereocenters. The smallest absolute Gasteiger partial charge is 0.115 e. The molecule has 1 rings (SSSR count). The maximum Gasteiger partial charge on any atom is 0.115 e. The zero-order valence-corrected chi connectivity index (χ0v) is 8.61. The van der Waals surface area contributed by atoms with Crippen molar-refractivity contribution in [2.24, 2.45) is 0 Å². The van der Waals surface area contributed by atoms with Gasteiger partial charge >= 0.3 is 0 Å². The lowest BCUT2D eigenvalue weighted by Crippen LogP contribution is -2.18.